The van der Waals surface area contributed by atoms with Gasteiger partial charge in [0.05, 0.1) is 12.8 Å². The number of alkyl carbamates (subject to hydrolysis) is 1. The third-order valence-electron chi connectivity index (χ3n) is 2.83. The van der Waals surface area contributed by atoms with Gasteiger partial charge >= 0.3 is 6.09 Å². The number of rotatable bonds is 5. The van der Waals surface area contributed by atoms with E-state index >= 15 is 0 Å². The molecular formula is C16H25ClN2O3. The summed E-state index contributed by atoms with van der Waals surface area (Å²) in [6.07, 6.45) is -0.430. The summed E-state index contributed by atoms with van der Waals surface area (Å²) in [6.45, 7) is 9.80. The summed E-state index contributed by atoms with van der Waals surface area (Å²) >= 11 is 6.08. The second kappa shape index (κ2) is 7.58. The zero-order chi connectivity index (χ0) is 16.9. The number of halogens is 1. The van der Waals surface area contributed by atoms with Crippen molar-refractivity contribution in [2.24, 2.45) is 0 Å². The molecule has 0 saturated heterocycles. The molecule has 0 fully saturated rings. The highest BCUT2D eigenvalue weighted by Crippen LogP contribution is 2.31. The monoisotopic (exact) mass is 328 g/mol. The van der Waals surface area contributed by atoms with Crippen LogP contribution in [-0.4, -0.2) is 31.4 Å². The van der Waals surface area contributed by atoms with Crippen LogP contribution >= 0.6 is 11.6 Å². The van der Waals surface area contributed by atoms with Crippen LogP contribution in [0.3, 0.4) is 0 Å². The van der Waals surface area contributed by atoms with Gasteiger partial charge in [-0.25, -0.2) is 4.79 Å². The van der Waals surface area contributed by atoms with Crippen LogP contribution in [0.4, 0.5) is 10.5 Å². The Kier molecular flexibility index (Phi) is 6.35. The van der Waals surface area contributed by atoms with Gasteiger partial charge in [0.2, 0.25) is 0 Å². The van der Waals surface area contributed by atoms with E-state index in [9.17, 15) is 4.79 Å². The molecule has 1 rings (SSSR count). The highest BCUT2D eigenvalue weighted by molar-refractivity contribution is 6.31. The van der Waals surface area contributed by atoms with Crippen molar-refractivity contribution in [3.05, 3.63) is 22.7 Å². The van der Waals surface area contributed by atoms with Crippen LogP contribution in [0.25, 0.3) is 0 Å². The van der Waals surface area contributed by atoms with E-state index in [1.165, 1.54) is 0 Å². The SMILES string of the molecule is COc1cc(Cl)c(C)cc1NC(C)CNC(=O)OC(C)(C)C. The number of methoxy groups -OCH3 is 1. The number of benzene rings is 1. The number of nitrogens with one attached hydrogen (secondary N) is 2. The average Bonchev–Trinajstić information content (AvgIpc) is 2.38. The molecule has 0 saturated carbocycles. The summed E-state index contributed by atoms with van der Waals surface area (Å²) in [5, 5.41) is 6.68. The van der Waals surface area contributed by atoms with E-state index in [-0.39, 0.29) is 6.04 Å². The van der Waals surface area contributed by atoms with E-state index < -0.39 is 11.7 Å². The molecule has 5 nitrogen and oxygen atoms in total. The van der Waals surface area contributed by atoms with Crippen LogP contribution < -0.4 is 15.4 Å². The Morgan fingerprint density at radius 1 is 1.36 bits per heavy atom. The van der Waals surface area contributed by atoms with Crippen molar-refractivity contribution in [2.45, 2.75) is 46.3 Å². The van der Waals surface area contributed by atoms with E-state index in [1.54, 1.807) is 13.2 Å². The minimum atomic E-state index is -0.503. The third kappa shape index (κ3) is 6.02. The van der Waals surface area contributed by atoms with Crippen LogP contribution in [-0.2, 0) is 4.74 Å². The van der Waals surface area contributed by atoms with Crippen LogP contribution in [0, 0.1) is 6.92 Å². The molecule has 1 amide bonds. The molecule has 6 heteroatoms. The third-order valence-corrected chi connectivity index (χ3v) is 3.24. The first kappa shape index (κ1) is 18.4. The Morgan fingerprint density at radius 3 is 2.55 bits per heavy atom. The average molecular weight is 329 g/mol. The normalized spacial score (nSPS) is 12.5. The van der Waals surface area contributed by atoms with Gasteiger partial charge in [0.15, 0.2) is 0 Å². The Morgan fingerprint density at radius 2 is 2.00 bits per heavy atom. The van der Waals surface area contributed by atoms with Crippen LogP contribution in [0.2, 0.25) is 5.02 Å². The maximum atomic E-state index is 11.6. The standard InChI is InChI=1S/C16H25ClN2O3/c1-10-7-13(14(21-6)8-12(10)17)19-11(2)9-18-15(20)22-16(3,4)5/h7-8,11,19H,9H2,1-6H3,(H,18,20). The molecule has 0 aliphatic carbocycles. The van der Waals surface area contributed by atoms with Gasteiger partial charge in [0.25, 0.3) is 0 Å². The van der Waals surface area contributed by atoms with Crippen LogP contribution in [0.15, 0.2) is 12.1 Å². The first-order chi connectivity index (χ1) is 10.1. The predicted octanol–water partition coefficient (Wildman–Crippen LogP) is 3.98. The summed E-state index contributed by atoms with van der Waals surface area (Å²) in [7, 11) is 1.59. The summed E-state index contributed by atoms with van der Waals surface area (Å²) < 4.78 is 10.5. The molecule has 22 heavy (non-hydrogen) atoms. The molecule has 0 bridgehead atoms. The lowest BCUT2D eigenvalue weighted by atomic mass is 10.2. The van der Waals surface area contributed by atoms with Gasteiger partial charge in [-0.2, -0.15) is 0 Å². The second-order valence-corrected chi connectivity index (χ2v) is 6.64. The first-order valence-corrected chi connectivity index (χ1v) is 7.57. The fourth-order valence-electron chi connectivity index (χ4n) is 1.81. The quantitative estimate of drug-likeness (QED) is 0.858. The molecule has 2 N–H and O–H groups in total. The van der Waals surface area contributed by atoms with Gasteiger partial charge in [0.1, 0.15) is 11.4 Å². The minimum Gasteiger partial charge on any atom is -0.495 e. The van der Waals surface area contributed by atoms with Gasteiger partial charge in [-0.3, -0.25) is 0 Å². The maximum Gasteiger partial charge on any atom is 0.407 e. The number of anilines is 1. The fraction of sp³-hybridized carbons (Fsp3) is 0.562. The van der Waals surface area contributed by atoms with Gasteiger partial charge in [0, 0.05) is 23.7 Å². The summed E-state index contributed by atoms with van der Waals surface area (Å²) in [5.74, 6) is 0.666. The number of carbonyl (C=O) groups excluding carboxylic acids is 1. The molecule has 0 heterocycles. The van der Waals surface area contributed by atoms with Crippen molar-refractivity contribution in [2.75, 3.05) is 19.0 Å². The molecule has 1 aromatic carbocycles. The molecule has 1 aromatic rings. The molecule has 124 valence electrons. The Hall–Kier alpha value is -1.62. The zero-order valence-electron chi connectivity index (χ0n) is 14.0. The number of hydrogen-bond acceptors (Lipinski definition) is 4. The Labute approximate surface area is 137 Å². The van der Waals surface area contributed by atoms with Gasteiger partial charge in [-0.15, -0.1) is 0 Å². The van der Waals surface area contributed by atoms with Crippen molar-refractivity contribution in [1.29, 1.82) is 0 Å². The van der Waals surface area contributed by atoms with E-state index in [1.807, 2.05) is 40.7 Å². The number of ether oxygens (including phenoxy) is 2. The first-order valence-electron chi connectivity index (χ1n) is 7.20. The molecule has 0 aliphatic rings. The van der Waals surface area contributed by atoms with Crippen molar-refractivity contribution < 1.29 is 14.3 Å². The van der Waals surface area contributed by atoms with Gasteiger partial charge in [-0.05, 0) is 46.2 Å². The molecule has 1 unspecified atom stereocenters. The van der Waals surface area contributed by atoms with Crippen molar-refractivity contribution in [1.82, 2.24) is 5.32 Å². The van der Waals surface area contributed by atoms with E-state index in [4.69, 9.17) is 21.1 Å². The minimum absolute atomic E-state index is 0.00185. The Bertz CT molecular complexity index is 527. The lowest BCUT2D eigenvalue weighted by Gasteiger charge is -2.22. The fourth-order valence-corrected chi connectivity index (χ4v) is 1.97. The summed E-state index contributed by atoms with van der Waals surface area (Å²) in [6, 6.07) is 3.69. The van der Waals surface area contributed by atoms with Crippen molar-refractivity contribution in [3.8, 4) is 5.75 Å². The van der Waals surface area contributed by atoms with Crippen molar-refractivity contribution >= 4 is 23.4 Å². The molecule has 0 radical (unpaired) electrons. The number of amides is 1. The molecular weight excluding hydrogens is 304 g/mol. The van der Waals surface area contributed by atoms with Crippen LogP contribution in [0.1, 0.15) is 33.3 Å². The number of carbonyl (C=O) groups is 1. The van der Waals surface area contributed by atoms with Crippen LogP contribution in [0.5, 0.6) is 5.75 Å². The topological polar surface area (TPSA) is 59.6 Å². The number of aryl methyl sites for hydroxylation is 1. The van der Waals surface area contributed by atoms with E-state index in [2.05, 4.69) is 10.6 Å². The molecule has 0 aromatic heterocycles. The summed E-state index contributed by atoms with van der Waals surface area (Å²) in [4.78, 5) is 11.6. The lowest BCUT2D eigenvalue weighted by Crippen LogP contribution is -2.38. The smallest absolute Gasteiger partial charge is 0.407 e. The van der Waals surface area contributed by atoms with Gasteiger partial charge in [-0.1, -0.05) is 11.6 Å². The summed E-state index contributed by atoms with van der Waals surface area (Å²) in [5.41, 5.74) is 1.29. The molecule has 1 atom stereocenters. The second-order valence-electron chi connectivity index (χ2n) is 6.23. The lowest BCUT2D eigenvalue weighted by molar-refractivity contribution is 0.0526. The van der Waals surface area contributed by atoms with Gasteiger partial charge < -0.3 is 20.1 Å². The largest absolute Gasteiger partial charge is 0.495 e. The van der Waals surface area contributed by atoms with E-state index in [0.717, 1.165) is 11.3 Å². The predicted molar refractivity (Wildman–Crippen MR) is 90.1 cm³/mol. The van der Waals surface area contributed by atoms with Crippen molar-refractivity contribution in [3.63, 3.8) is 0 Å². The maximum absolute atomic E-state index is 11.6. The number of hydrogen-bond donors (Lipinski definition) is 2. The molecule has 0 spiro atoms. The Balaban J connectivity index is 2.60. The highest BCUT2D eigenvalue weighted by Gasteiger charge is 2.17. The zero-order valence-corrected chi connectivity index (χ0v) is 14.8. The highest BCUT2D eigenvalue weighted by atomic mass is 35.5. The molecule has 0 aliphatic heterocycles. The van der Waals surface area contributed by atoms with E-state index in [0.29, 0.717) is 17.3 Å².